The smallest absolute Gasteiger partial charge is 0.221 e. The van der Waals surface area contributed by atoms with Gasteiger partial charge in [-0.1, -0.05) is 12.8 Å². The standard InChI is InChI=1S/C15H23N5O.H2/c1-19(2)10-21-9-13-7-11-8-17-15(16)18-14(11)20(13)12-5-3-4-6-12;/h7-8,12H,3-6,9-10H2,1-2H3,(H2,16,17,18);1H. The molecule has 2 aromatic rings. The van der Waals surface area contributed by atoms with E-state index >= 15 is 0 Å². The van der Waals surface area contributed by atoms with Crippen molar-refractivity contribution >= 4 is 17.0 Å². The van der Waals surface area contributed by atoms with Gasteiger partial charge in [0.2, 0.25) is 5.95 Å². The molecular weight excluding hydrogens is 266 g/mol. The molecule has 2 heterocycles. The first-order valence-electron chi connectivity index (χ1n) is 7.50. The van der Waals surface area contributed by atoms with Gasteiger partial charge in [-0.3, -0.25) is 4.90 Å². The van der Waals surface area contributed by atoms with Gasteiger partial charge in [-0.2, -0.15) is 4.98 Å². The molecule has 0 amide bonds. The quantitative estimate of drug-likeness (QED) is 0.857. The molecule has 6 heteroatoms. The Morgan fingerprint density at radius 2 is 2.19 bits per heavy atom. The molecule has 0 atom stereocenters. The zero-order valence-corrected chi connectivity index (χ0v) is 12.7. The second kappa shape index (κ2) is 5.99. The summed E-state index contributed by atoms with van der Waals surface area (Å²) in [5.74, 6) is 0.334. The lowest BCUT2D eigenvalue weighted by molar-refractivity contribution is 0.0415. The second-order valence-electron chi connectivity index (χ2n) is 6.01. The maximum atomic E-state index is 5.77. The third-order valence-corrected chi connectivity index (χ3v) is 3.96. The van der Waals surface area contributed by atoms with Crippen LogP contribution in [0, 0.1) is 0 Å². The maximum absolute atomic E-state index is 5.77. The van der Waals surface area contributed by atoms with E-state index in [0.29, 0.717) is 25.3 Å². The average molecular weight is 291 g/mol. The summed E-state index contributed by atoms with van der Waals surface area (Å²) in [7, 11) is 4.00. The number of ether oxygens (including phenoxy) is 1. The van der Waals surface area contributed by atoms with Crippen LogP contribution in [0.2, 0.25) is 0 Å². The number of hydrogen-bond donors (Lipinski definition) is 1. The van der Waals surface area contributed by atoms with E-state index in [9.17, 15) is 0 Å². The van der Waals surface area contributed by atoms with E-state index < -0.39 is 0 Å². The van der Waals surface area contributed by atoms with E-state index in [1.807, 2.05) is 19.0 Å². The molecule has 0 spiro atoms. The summed E-state index contributed by atoms with van der Waals surface area (Å²) < 4.78 is 8.08. The molecule has 1 saturated carbocycles. The van der Waals surface area contributed by atoms with Crippen LogP contribution >= 0.6 is 0 Å². The van der Waals surface area contributed by atoms with Gasteiger partial charge in [0.1, 0.15) is 5.65 Å². The highest BCUT2D eigenvalue weighted by molar-refractivity contribution is 5.77. The van der Waals surface area contributed by atoms with Gasteiger partial charge >= 0.3 is 0 Å². The topological polar surface area (TPSA) is 69.2 Å². The molecule has 0 aromatic carbocycles. The van der Waals surface area contributed by atoms with Crippen molar-refractivity contribution < 1.29 is 6.16 Å². The van der Waals surface area contributed by atoms with Crippen LogP contribution in [0.4, 0.5) is 5.95 Å². The van der Waals surface area contributed by atoms with Crippen LogP contribution in [0.1, 0.15) is 38.8 Å². The van der Waals surface area contributed by atoms with Crippen LogP contribution in [0.3, 0.4) is 0 Å². The van der Waals surface area contributed by atoms with Crippen LogP contribution in [0.15, 0.2) is 12.3 Å². The number of aromatic nitrogens is 3. The zero-order valence-electron chi connectivity index (χ0n) is 12.7. The van der Waals surface area contributed by atoms with Crippen LogP contribution < -0.4 is 5.73 Å². The summed E-state index contributed by atoms with van der Waals surface area (Å²) in [5, 5.41) is 1.04. The Kier molecular flexibility index (Phi) is 4.07. The van der Waals surface area contributed by atoms with Crippen molar-refractivity contribution in [1.82, 2.24) is 19.4 Å². The fourth-order valence-corrected chi connectivity index (χ4v) is 3.09. The summed E-state index contributed by atoms with van der Waals surface area (Å²) in [6.07, 6.45) is 6.77. The minimum absolute atomic E-state index is 0. The summed E-state index contributed by atoms with van der Waals surface area (Å²) in [6.45, 7) is 1.20. The Labute approximate surface area is 126 Å². The molecule has 0 saturated heterocycles. The number of anilines is 1. The van der Waals surface area contributed by atoms with Crippen molar-refractivity contribution in [1.29, 1.82) is 0 Å². The van der Waals surface area contributed by atoms with Crippen LogP contribution in [-0.2, 0) is 11.3 Å². The predicted octanol–water partition coefficient (Wildman–Crippen LogP) is 2.41. The average Bonchev–Trinajstić information content (AvgIpc) is 3.04. The summed E-state index contributed by atoms with van der Waals surface area (Å²) in [4.78, 5) is 10.6. The first-order valence-corrected chi connectivity index (χ1v) is 7.50. The predicted molar refractivity (Wildman–Crippen MR) is 84.9 cm³/mol. The molecule has 0 radical (unpaired) electrons. The van der Waals surface area contributed by atoms with E-state index in [1.54, 1.807) is 6.20 Å². The van der Waals surface area contributed by atoms with Crippen molar-refractivity contribution in [2.45, 2.75) is 38.3 Å². The normalized spacial score (nSPS) is 16.3. The van der Waals surface area contributed by atoms with E-state index in [-0.39, 0.29) is 1.43 Å². The number of fused-ring (bicyclic) bond motifs is 1. The number of rotatable bonds is 5. The van der Waals surface area contributed by atoms with E-state index in [1.165, 1.54) is 31.4 Å². The van der Waals surface area contributed by atoms with E-state index in [0.717, 1.165) is 11.0 Å². The number of nitrogens with zero attached hydrogens (tertiary/aromatic N) is 4. The Morgan fingerprint density at radius 1 is 1.43 bits per heavy atom. The third-order valence-electron chi connectivity index (χ3n) is 3.96. The van der Waals surface area contributed by atoms with Gasteiger partial charge in [0.25, 0.3) is 0 Å². The fraction of sp³-hybridized carbons (Fsp3) is 0.600. The van der Waals surface area contributed by atoms with E-state index in [2.05, 4.69) is 20.6 Å². The van der Waals surface area contributed by atoms with Gasteiger partial charge in [-0.05, 0) is 33.0 Å². The fourth-order valence-electron chi connectivity index (χ4n) is 3.09. The lowest BCUT2D eigenvalue weighted by Gasteiger charge is -2.18. The zero-order chi connectivity index (χ0) is 14.8. The maximum Gasteiger partial charge on any atom is 0.221 e. The van der Waals surface area contributed by atoms with Crippen LogP contribution in [-0.4, -0.2) is 40.3 Å². The molecule has 21 heavy (non-hydrogen) atoms. The molecule has 0 aliphatic heterocycles. The summed E-state index contributed by atoms with van der Waals surface area (Å²) in [6, 6.07) is 2.64. The largest absolute Gasteiger partial charge is 0.368 e. The highest BCUT2D eigenvalue weighted by Gasteiger charge is 2.22. The second-order valence-corrected chi connectivity index (χ2v) is 6.01. The molecule has 2 aromatic heterocycles. The lowest BCUT2D eigenvalue weighted by atomic mass is 10.2. The Morgan fingerprint density at radius 3 is 2.90 bits per heavy atom. The minimum atomic E-state index is 0. The summed E-state index contributed by atoms with van der Waals surface area (Å²) >= 11 is 0. The molecule has 1 fully saturated rings. The van der Waals surface area contributed by atoms with Gasteiger partial charge in [-0.15, -0.1) is 0 Å². The van der Waals surface area contributed by atoms with Crippen molar-refractivity contribution in [3.8, 4) is 0 Å². The molecule has 2 N–H and O–H groups in total. The lowest BCUT2D eigenvalue weighted by Crippen LogP contribution is -2.17. The molecule has 1 aliphatic rings. The first kappa shape index (κ1) is 14.3. The summed E-state index contributed by atoms with van der Waals surface area (Å²) in [5.41, 5.74) is 7.87. The highest BCUT2D eigenvalue weighted by Crippen LogP contribution is 2.34. The Balaban J connectivity index is 0.00000176. The number of hydrogen-bond acceptors (Lipinski definition) is 5. The van der Waals surface area contributed by atoms with Gasteiger partial charge in [-0.25, -0.2) is 4.98 Å². The van der Waals surface area contributed by atoms with Crippen molar-refractivity contribution in [2.24, 2.45) is 0 Å². The molecule has 3 rings (SSSR count). The molecule has 1 aliphatic carbocycles. The first-order chi connectivity index (χ1) is 10.1. The monoisotopic (exact) mass is 291 g/mol. The Bertz CT molecular complexity index is 622. The minimum Gasteiger partial charge on any atom is -0.368 e. The molecule has 0 unspecified atom stereocenters. The number of nitrogen functional groups attached to an aromatic ring is 1. The van der Waals surface area contributed by atoms with Gasteiger partial charge in [0.05, 0.1) is 13.3 Å². The molecule has 6 nitrogen and oxygen atoms in total. The van der Waals surface area contributed by atoms with Gasteiger partial charge in [0.15, 0.2) is 0 Å². The van der Waals surface area contributed by atoms with Crippen LogP contribution in [0.5, 0.6) is 0 Å². The Hall–Kier alpha value is -1.66. The van der Waals surface area contributed by atoms with Crippen molar-refractivity contribution in [3.05, 3.63) is 18.0 Å². The van der Waals surface area contributed by atoms with Gasteiger partial charge < -0.3 is 15.0 Å². The van der Waals surface area contributed by atoms with E-state index in [4.69, 9.17) is 10.5 Å². The van der Waals surface area contributed by atoms with Gasteiger partial charge in [0, 0.05) is 24.7 Å². The number of nitrogens with two attached hydrogens (primary N) is 1. The molecule has 116 valence electrons. The SMILES string of the molecule is CN(C)COCc1cc2cnc(N)nc2n1C1CCCC1.[HH]. The highest BCUT2D eigenvalue weighted by atomic mass is 16.5. The van der Waals surface area contributed by atoms with Crippen LogP contribution in [0.25, 0.3) is 11.0 Å². The van der Waals surface area contributed by atoms with Crippen molar-refractivity contribution in [3.63, 3.8) is 0 Å². The molecule has 0 bridgehead atoms. The van der Waals surface area contributed by atoms with Crippen molar-refractivity contribution in [2.75, 3.05) is 26.6 Å². The molecular formula is C15H25N5O. The third kappa shape index (κ3) is 3.01.